The third kappa shape index (κ3) is 2.03. The number of ether oxygens (including phenoxy) is 1. The summed E-state index contributed by atoms with van der Waals surface area (Å²) in [7, 11) is 1.45. The average Bonchev–Trinajstić information content (AvgIpc) is 3.08. The van der Waals surface area contributed by atoms with E-state index in [4.69, 9.17) is 4.74 Å². The molecule has 0 aliphatic heterocycles. The van der Waals surface area contributed by atoms with Crippen molar-refractivity contribution in [3.63, 3.8) is 0 Å². The Hall–Kier alpha value is -1.51. The Kier molecular flexibility index (Phi) is 2.86. The molecule has 3 heteroatoms. The van der Waals surface area contributed by atoms with Crippen LogP contribution in [-0.2, 0) is 9.53 Å². The lowest BCUT2D eigenvalue weighted by atomic mass is 10.1. The zero-order valence-corrected chi connectivity index (χ0v) is 9.75. The summed E-state index contributed by atoms with van der Waals surface area (Å²) in [5.41, 5.74) is 2.03. The lowest BCUT2D eigenvalue weighted by molar-refractivity contribution is -0.146. The number of carbonyl (C=O) groups excluding carboxylic acids is 1. The minimum atomic E-state index is -0.267. The summed E-state index contributed by atoms with van der Waals surface area (Å²) in [6.45, 7) is 2.73. The monoisotopic (exact) mass is 219 g/mol. The minimum Gasteiger partial charge on any atom is -0.469 e. The fourth-order valence-electron chi connectivity index (χ4n) is 1.86. The number of methoxy groups -OCH3 is 1. The van der Waals surface area contributed by atoms with Crippen molar-refractivity contribution < 1.29 is 9.53 Å². The van der Waals surface area contributed by atoms with Gasteiger partial charge in [-0.15, -0.1) is 0 Å². The molecule has 2 rings (SSSR count). The van der Waals surface area contributed by atoms with Crippen LogP contribution in [0.15, 0.2) is 24.3 Å². The first-order valence-electron chi connectivity index (χ1n) is 5.56. The number of anilines is 1. The molecule has 0 aromatic heterocycles. The molecule has 16 heavy (non-hydrogen) atoms. The third-order valence-electron chi connectivity index (χ3n) is 3.23. The molecule has 1 aromatic rings. The highest BCUT2D eigenvalue weighted by Gasteiger charge is 2.50. The molecule has 1 N–H and O–H groups in total. The van der Waals surface area contributed by atoms with Crippen LogP contribution in [0, 0.1) is 12.3 Å². The van der Waals surface area contributed by atoms with Crippen molar-refractivity contribution >= 4 is 11.7 Å². The summed E-state index contributed by atoms with van der Waals surface area (Å²) in [5, 5.41) is 3.33. The van der Waals surface area contributed by atoms with Crippen molar-refractivity contribution in [2.75, 3.05) is 19.0 Å². The summed E-state index contributed by atoms with van der Waals surface area (Å²) in [6.07, 6.45) is 1.86. The van der Waals surface area contributed by atoms with Crippen molar-refractivity contribution in [3.05, 3.63) is 29.8 Å². The van der Waals surface area contributed by atoms with Crippen molar-refractivity contribution in [1.29, 1.82) is 0 Å². The number of hydrogen-bond donors (Lipinski definition) is 1. The highest BCUT2D eigenvalue weighted by Crippen LogP contribution is 2.46. The van der Waals surface area contributed by atoms with Gasteiger partial charge < -0.3 is 10.1 Å². The maximum absolute atomic E-state index is 11.5. The number of aryl methyl sites for hydroxylation is 1. The van der Waals surface area contributed by atoms with Crippen LogP contribution in [0.4, 0.5) is 5.69 Å². The van der Waals surface area contributed by atoms with Crippen molar-refractivity contribution in [3.8, 4) is 0 Å². The van der Waals surface area contributed by atoms with Crippen LogP contribution in [0.3, 0.4) is 0 Å². The van der Waals surface area contributed by atoms with E-state index in [2.05, 4.69) is 18.3 Å². The van der Waals surface area contributed by atoms with Gasteiger partial charge >= 0.3 is 5.97 Å². The van der Waals surface area contributed by atoms with Gasteiger partial charge in [-0.1, -0.05) is 18.2 Å². The SMILES string of the molecule is COC(=O)C1(CNc2ccccc2C)CC1. The first-order chi connectivity index (χ1) is 7.68. The van der Waals surface area contributed by atoms with E-state index >= 15 is 0 Å². The van der Waals surface area contributed by atoms with E-state index in [1.165, 1.54) is 12.7 Å². The Morgan fingerprint density at radius 3 is 2.69 bits per heavy atom. The molecule has 0 bridgehead atoms. The van der Waals surface area contributed by atoms with E-state index in [1.807, 2.05) is 18.2 Å². The topological polar surface area (TPSA) is 38.3 Å². The van der Waals surface area contributed by atoms with Crippen LogP contribution in [-0.4, -0.2) is 19.6 Å². The van der Waals surface area contributed by atoms with Crippen LogP contribution >= 0.6 is 0 Å². The maximum Gasteiger partial charge on any atom is 0.313 e. The highest BCUT2D eigenvalue weighted by molar-refractivity contribution is 5.80. The van der Waals surface area contributed by atoms with E-state index in [-0.39, 0.29) is 11.4 Å². The predicted molar refractivity (Wildman–Crippen MR) is 63.4 cm³/mol. The maximum atomic E-state index is 11.5. The molecule has 1 fully saturated rings. The number of esters is 1. The minimum absolute atomic E-state index is 0.0893. The van der Waals surface area contributed by atoms with E-state index < -0.39 is 0 Å². The molecule has 0 radical (unpaired) electrons. The van der Waals surface area contributed by atoms with E-state index in [0.717, 1.165) is 18.5 Å². The molecule has 0 spiro atoms. The molecule has 1 saturated carbocycles. The smallest absolute Gasteiger partial charge is 0.313 e. The summed E-state index contributed by atoms with van der Waals surface area (Å²) in [6, 6.07) is 8.09. The average molecular weight is 219 g/mol. The lowest BCUT2D eigenvalue weighted by Crippen LogP contribution is -2.26. The fourth-order valence-corrected chi connectivity index (χ4v) is 1.86. The normalized spacial score (nSPS) is 16.6. The van der Waals surface area contributed by atoms with Crippen LogP contribution in [0.2, 0.25) is 0 Å². The quantitative estimate of drug-likeness (QED) is 0.790. The van der Waals surface area contributed by atoms with Crippen LogP contribution < -0.4 is 5.32 Å². The van der Waals surface area contributed by atoms with Gasteiger partial charge in [0, 0.05) is 12.2 Å². The number of rotatable bonds is 4. The molecule has 3 nitrogen and oxygen atoms in total. The van der Waals surface area contributed by atoms with Gasteiger partial charge in [-0.2, -0.15) is 0 Å². The van der Waals surface area contributed by atoms with Crippen LogP contribution in [0.25, 0.3) is 0 Å². The second-order valence-electron chi connectivity index (χ2n) is 4.44. The van der Waals surface area contributed by atoms with Gasteiger partial charge in [0.2, 0.25) is 0 Å². The van der Waals surface area contributed by atoms with Crippen molar-refractivity contribution in [1.82, 2.24) is 0 Å². The van der Waals surface area contributed by atoms with Gasteiger partial charge in [-0.05, 0) is 31.4 Å². The van der Waals surface area contributed by atoms with Crippen molar-refractivity contribution in [2.24, 2.45) is 5.41 Å². The highest BCUT2D eigenvalue weighted by atomic mass is 16.5. The van der Waals surface area contributed by atoms with Crippen LogP contribution in [0.5, 0.6) is 0 Å². The van der Waals surface area contributed by atoms with E-state index in [1.54, 1.807) is 0 Å². The molecule has 0 amide bonds. The summed E-state index contributed by atoms with van der Waals surface area (Å²) >= 11 is 0. The largest absolute Gasteiger partial charge is 0.469 e. The molecule has 0 saturated heterocycles. The van der Waals surface area contributed by atoms with Crippen molar-refractivity contribution in [2.45, 2.75) is 19.8 Å². The van der Waals surface area contributed by atoms with Gasteiger partial charge in [0.1, 0.15) is 0 Å². The Morgan fingerprint density at radius 1 is 1.44 bits per heavy atom. The zero-order valence-electron chi connectivity index (χ0n) is 9.75. The Morgan fingerprint density at radius 2 is 2.12 bits per heavy atom. The second kappa shape index (κ2) is 4.16. The first kappa shape index (κ1) is 11.0. The third-order valence-corrected chi connectivity index (χ3v) is 3.23. The van der Waals surface area contributed by atoms with E-state index in [9.17, 15) is 4.79 Å². The molecular weight excluding hydrogens is 202 g/mol. The zero-order chi connectivity index (χ0) is 11.6. The van der Waals surface area contributed by atoms with E-state index in [0.29, 0.717) is 6.54 Å². The Labute approximate surface area is 95.8 Å². The molecule has 0 unspecified atom stereocenters. The molecular formula is C13H17NO2. The second-order valence-corrected chi connectivity index (χ2v) is 4.44. The predicted octanol–water partition coefficient (Wildman–Crippen LogP) is 2.36. The number of hydrogen-bond acceptors (Lipinski definition) is 3. The summed E-state index contributed by atoms with van der Waals surface area (Å²) < 4.78 is 4.82. The van der Waals surface area contributed by atoms with Gasteiger partial charge in [-0.3, -0.25) is 4.79 Å². The Bertz CT molecular complexity index is 397. The van der Waals surface area contributed by atoms with Gasteiger partial charge in [-0.25, -0.2) is 0 Å². The number of benzene rings is 1. The summed E-state index contributed by atoms with van der Waals surface area (Å²) in [4.78, 5) is 11.5. The molecule has 86 valence electrons. The summed E-state index contributed by atoms with van der Waals surface area (Å²) in [5.74, 6) is -0.0893. The van der Waals surface area contributed by atoms with Gasteiger partial charge in [0.05, 0.1) is 12.5 Å². The first-order valence-corrected chi connectivity index (χ1v) is 5.56. The fraction of sp³-hybridized carbons (Fsp3) is 0.462. The molecule has 0 atom stereocenters. The Balaban J connectivity index is 1.98. The standard InChI is InChI=1S/C13H17NO2/c1-10-5-3-4-6-11(10)14-9-13(7-8-13)12(15)16-2/h3-6,14H,7-9H2,1-2H3. The van der Waals surface area contributed by atoms with Gasteiger partial charge in [0.25, 0.3) is 0 Å². The number of nitrogens with one attached hydrogen (secondary N) is 1. The molecule has 1 aliphatic rings. The van der Waals surface area contributed by atoms with Gasteiger partial charge in [0.15, 0.2) is 0 Å². The lowest BCUT2D eigenvalue weighted by Gasteiger charge is -2.15. The number of carbonyl (C=O) groups is 1. The molecule has 1 aromatic carbocycles. The number of para-hydroxylation sites is 1. The molecule has 0 heterocycles. The molecule has 1 aliphatic carbocycles. The van der Waals surface area contributed by atoms with Crippen LogP contribution in [0.1, 0.15) is 18.4 Å².